The monoisotopic (exact) mass is 516 g/mol. The Kier molecular flexibility index (Phi) is 7.99. The van der Waals surface area contributed by atoms with Crippen LogP contribution in [0.1, 0.15) is 125 Å². The summed E-state index contributed by atoms with van der Waals surface area (Å²) in [4.78, 5) is 23.1. The fraction of sp³-hybridized carbons (Fsp3) is 0.875. The first-order valence-electron chi connectivity index (χ1n) is 15.1. The van der Waals surface area contributed by atoms with Crippen LogP contribution in [0, 0.1) is 40.4 Å². The third-order valence-corrected chi connectivity index (χ3v) is 11.9. The van der Waals surface area contributed by atoms with Gasteiger partial charge < -0.3 is 14.9 Å². The summed E-state index contributed by atoms with van der Waals surface area (Å²) >= 11 is 0. The summed E-state index contributed by atoms with van der Waals surface area (Å²) < 4.78 is 5.80. The van der Waals surface area contributed by atoms with E-state index in [2.05, 4.69) is 33.8 Å². The Labute approximate surface area is 224 Å². The fourth-order valence-corrected chi connectivity index (χ4v) is 9.35. The largest absolute Gasteiger partial charge is 0.481 e. The van der Waals surface area contributed by atoms with Gasteiger partial charge >= 0.3 is 11.9 Å². The number of hydrogen-bond acceptors (Lipinski definition) is 4. The van der Waals surface area contributed by atoms with Crippen LogP contribution < -0.4 is 0 Å². The summed E-state index contributed by atoms with van der Waals surface area (Å²) in [7, 11) is 0. The number of fused-ring (bicyclic) bond motifs is 5. The predicted molar refractivity (Wildman–Crippen MR) is 146 cm³/mol. The Balaban J connectivity index is 1.40. The van der Waals surface area contributed by atoms with Crippen LogP contribution in [-0.4, -0.2) is 33.4 Å². The lowest BCUT2D eigenvalue weighted by Gasteiger charge is -2.59. The number of aliphatic hydroxyl groups is 1. The van der Waals surface area contributed by atoms with Crippen LogP contribution in [0.3, 0.4) is 0 Å². The van der Waals surface area contributed by atoms with E-state index >= 15 is 0 Å². The Morgan fingerprint density at radius 2 is 1.84 bits per heavy atom. The smallest absolute Gasteiger partial charge is 0.306 e. The van der Waals surface area contributed by atoms with Crippen molar-refractivity contribution in [2.75, 3.05) is 0 Å². The van der Waals surface area contributed by atoms with Crippen molar-refractivity contribution in [3.05, 3.63) is 11.6 Å². The maximum absolute atomic E-state index is 12.3. The SMILES string of the molecule is CCC(C)(CC[C@@H](C)[C@H]1CC[C@H]2[C@@H]3CC=C4C[C@@](C)(O)CC[C@]4(C)[C@H]3CC[C@]12C)OC(=O)CCC(=O)O. The first-order chi connectivity index (χ1) is 17.2. The van der Waals surface area contributed by atoms with Crippen LogP contribution in [0.2, 0.25) is 0 Å². The molecule has 0 bridgehead atoms. The van der Waals surface area contributed by atoms with E-state index in [1.54, 1.807) is 0 Å². The van der Waals surface area contributed by atoms with Gasteiger partial charge in [-0.3, -0.25) is 9.59 Å². The molecule has 4 aliphatic carbocycles. The molecule has 4 rings (SSSR count). The fourth-order valence-electron chi connectivity index (χ4n) is 9.35. The van der Waals surface area contributed by atoms with Crippen LogP contribution in [0.15, 0.2) is 11.6 Å². The zero-order chi connectivity index (χ0) is 27.2. The number of carbonyl (C=O) groups excluding carboxylic acids is 1. The standard InChI is InChI=1S/C32H52O5/c1-7-30(4,37-28(35)13-12-27(33)34)16-14-21(2)24-10-11-25-23-9-8-22-20-29(3,36)18-19-31(22,5)26(23)15-17-32(24,25)6/h8,21,23-26,36H,7,9-20H2,1-6H3,(H,33,34)/t21-,23+,24-,25+,26+,29+,30?,31+,32-/m1/s1. The van der Waals surface area contributed by atoms with E-state index in [1.807, 2.05) is 13.8 Å². The van der Waals surface area contributed by atoms with Crippen LogP contribution in [0.5, 0.6) is 0 Å². The molecule has 0 amide bonds. The zero-order valence-corrected chi connectivity index (χ0v) is 24.3. The van der Waals surface area contributed by atoms with Gasteiger partial charge in [-0.05, 0) is 125 Å². The lowest BCUT2D eigenvalue weighted by atomic mass is 9.46. The number of carbonyl (C=O) groups is 2. The first kappa shape index (κ1) is 28.6. The number of hydrogen-bond donors (Lipinski definition) is 2. The number of ether oxygens (including phenoxy) is 1. The molecule has 9 atom stereocenters. The van der Waals surface area contributed by atoms with E-state index in [-0.39, 0.29) is 18.3 Å². The Morgan fingerprint density at radius 3 is 2.51 bits per heavy atom. The molecule has 3 fully saturated rings. The molecule has 0 heterocycles. The number of rotatable bonds is 9. The first-order valence-corrected chi connectivity index (χ1v) is 15.1. The minimum atomic E-state index is -0.962. The van der Waals surface area contributed by atoms with Crippen molar-refractivity contribution >= 4 is 11.9 Å². The van der Waals surface area contributed by atoms with Gasteiger partial charge in [-0.2, -0.15) is 0 Å². The van der Waals surface area contributed by atoms with E-state index in [1.165, 1.54) is 37.7 Å². The Hall–Kier alpha value is -1.36. The summed E-state index contributed by atoms with van der Waals surface area (Å²) in [6.07, 6.45) is 14.2. The topological polar surface area (TPSA) is 83.8 Å². The number of carboxylic acid groups (broad SMARTS) is 1. The van der Waals surface area contributed by atoms with E-state index in [4.69, 9.17) is 9.84 Å². The second kappa shape index (κ2) is 10.3. The van der Waals surface area contributed by atoms with Crippen molar-refractivity contribution in [3.8, 4) is 0 Å². The summed E-state index contributed by atoms with van der Waals surface area (Å²) in [5, 5.41) is 19.6. The molecule has 3 saturated carbocycles. The maximum atomic E-state index is 12.3. The van der Waals surface area contributed by atoms with Gasteiger partial charge in [0.2, 0.25) is 0 Å². The second-order valence-electron chi connectivity index (χ2n) is 14.3. The summed E-state index contributed by atoms with van der Waals surface area (Å²) in [5.74, 6) is 2.22. The third-order valence-electron chi connectivity index (χ3n) is 11.9. The minimum absolute atomic E-state index is 0.0575. The van der Waals surface area contributed by atoms with E-state index in [0.717, 1.165) is 56.3 Å². The van der Waals surface area contributed by atoms with Gasteiger partial charge in [-0.25, -0.2) is 0 Å². The van der Waals surface area contributed by atoms with Crippen LogP contribution in [0.25, 0.3) is 0 Å². The molecule has 0 aromatic rings. The van der Waals surface area contributed by atoms with Gasteiger partial charge in [-0.1, -0.05) is 39.3 Å². The van der Waals surface area contributed by atoms with Gasteiger partial charge in [0.25, 0.3) is 0 Å². The Morgan fingerprint density at radius 1 is 1.11 bits per heavy atom. The van der Waals surface area contributed by atoms with Crippen molar-refractivity contribution in [3.63, 3.8) is 0 Å². The molecule has 5 nitrogen and oxygen atoms in total. The normalized spacial score (nSPS) is 41.4. The van der Waals surface area contributed by atoms with E-state index < -0.39 is 23.1 Å². The zero-order valence-electron chi connectivity index (χ0n) is 24.3. The lowest BCUT2D eigenvalue weighted by Crippen LogP contribution is -2.52. The summed E-state index contributed by atoms with van der Waals surface area (Å²) in [6, 6.07) is 0. The summed E-state index contributed by atoms with van der Waals surface area (Å²) in [6.45, 7) is 13.6. The van der Waals surface area contributed by atoms with E-state index in [9.17, 15) is 14.7 Å². The molecule has 0 radical (unpaired) electrons. The van der Waals surface area contributed by atoms with Crippen LogP contribution >= 0.6 is 0 Å². The quantitative estimate of drug-likeness (QED) is 0.248. The van der Waals surface area contributed by atoms with Gasteiger partial charge in [-0.15, -0.1) is 0 Å². The highest BCUT2D eigenvalue weighted by atomic mass is 16.6. The molecule has 37 heavy (non-hydrogen) atoms. The van der Waals surface area contributed by atoms with Crippen LogP contribution in [-0.2, 0) is 14.3 Å². The average molecular weight is 517 g/mol. The third kappa shape index (κ3) is 5.54. The van der Waals surface area contributed by atoms with Crippen molar-refractivity contribution < 1.29 is 24.5 Å². The van der Waals surface area contributed by atoms with Crippen molar-refractivity contribution in [1.82, 2.24) is 0 Å². The summed E-state index contributed by atoms with van der Waals surface area (Å²) in [5.41, 5.74) is 1.12. The highest BCUT2D eigenvalue weighted by Crippen LogP contribution is 2.67. The minimum Gasteiger partial charge on any atom is -0.481 e. The van der Waals surface area contributed by atoms with Gasteiger partial charge in [0.15, 0.2) is 0 Å². The molecule has 0 aromatic carbocycles. The molecule has 1 unspecified atom stereocenters. The van der Waals surface area contributed by atoms with Crippen molar-refractivity contribution in [1.29, 1.82) is 0 Å². The van der Waals surface area contributed by atoms with Gasteiger partial charge in [0, 0.05) is 0 Å². The van der Waals surface area contributed by atoms with Crippen molar-refractivity contribution in [2.45, 2.75) is 136 Å². The molecular weight excluding hydrogens is 464 g/mol. The molecule has 0 aromatic heterocycles. The molecule has 5 heteroatoms. The van der Waals surface area contributed by atoms with Crippen molar-refractivity contribution in [2.24, 2.45) is 40.4 Å². The number of carboxylic acids is 1. The lowest BCUT2D eigenvalue weighted by molar-refractivity contribution is -0.161. The maximum Gasteiger partial charge on any atom is 0.306 e. The number of allylic oxidation sites excluding steroid dienone is 1. The molecule has 210 valence electrons. The van der Waals surface area contributed by atoms with Gasteiger partial charge in [0.05, 0.1) is 18.4 Å². The predicted octanol–water partition coefficient (Wildman–Crippen LogP) is 7.31. The molecular formula is C32H52O5. The molecule has 0 aliphatic heterocycles. The average Bonchev–Trinajstić information content (AvgIpc) is 3.19. The highest BCUT2D eigenvalue weighted by molar-refractivity contribution is 5.76. The Bertz CT molecular complexity index is 907. The molecule has 0 saturated heterocycles. The molecule has 4 aliphatic rings. The molecule has 0 spiro atoms. The molecule has 2 N–H and O–H groups in total. The number of aliphatic carboxylic acids is 1. The number of esters is 1. The highest BCUT2D eigenvalue weighted by Gasteiger charge is 2.59. The van der Waals surface area contributed by atoms with Crippen LogP contribution in [0.4, 0.5) is 0 Å². The van der Waals surface area contributed by atoms with E-state index in [0.29, 0.717) is 17.3 Å². The van der Waals surface area contributed by atoms with Gasteiger partial charge in [0.1, 0.15) is 5.60 Å². The second-order valence-corrected chi connectivity index (χ2v) is 14.3.